The average Bonchev–Trinajstić information content (AvgIpc) is 2.60. The van der Waals surface area contributed by atoms with Crippen LogP contribution in [-0.2, 0) is 6.42 Å². The van der Waals surface area contributed by atoms with Crippen LogP contribution in [0.4, 0.5) is 0 Å². The fraction of sp³-hybridized carbons (Fsp3) is 0.286. The zero-order chi connectivity index (χ0) is 16.1. The van der Waals surface area contributed by atoms with E-state index in [0.29, 0.717) is 0 Å². The van der Waals surface area contributed by atoms with E-state index in [9.17, 15) is 4.79 Å². The van der Waals surface area contributed by atoms with Crippen LogP contribution in [0.3, 0.4) is 0 Å². The normalized spacial score (nSPS) is 13.3. The Morgan fingerprint density at radius 2 is 1.83 bits per heavy atom. The van der Waals surface area contributed by atoms with Gasteiger partial charge in [0.25, 0.3) is 5.91 Å². The Morgan fingerprint density at radius 1 is 1.04 bits per heavy atom. The number of carbonyl (C=O) groups is 1. The van der Waals surface area contributed by atoms with Crippen LogP contribution < -0.4 is 0 Å². The largest absolute Gasteiger partial charge is 0.338 e. The third-order valence-electron chi connectivity index (χ3n) is 4.18. The molecule has 2 nitrogen and oxygen atoms in total. The van der Waals surface area contributed by atoms with E-state index in [-0.39, 0.29) is 5.91 Å². The molecule has 0 spiro atoms. The van der Waals surface area contributed by atoms with Crippen molar-refractivity contribution in [3.05, 3.63) is 70.8 Å². The van der Waals surface area contributed by atoms with Crippen molar-refractivity contribution < 1.29 is 4.79 Å². The summed E-state index contributed by atoms with van der Waals surface area (Å²) in [6, 6.07) is 15.9. The fourth-order valence-electron chi connectivity index (χ4n) is 2.84. The lowest BCUT2D eigenvalue weighted by Gasteiger charge is -2.28. The van der Waals surface area contributed by atoms with Gasteiger partial charge >= 0.3 is 0 Å². The van der Waals surface area contributed by atoms with Gasteiger partial charge in [0.05, 0.1) is 0 Å². The topological polar surface area (TPSA) is 20.3 Å². The molecule has 2 heteroatoms. The molecular weight excluding hydrogens is 282 g/mol. The number of carbonyl (C=O) groups excluding carboxylic acids is 1. The van der Waals surface area contributed by atoms with Crippen molar-refractivity contribution in [1.82, 2.24) is 4.90 Å². The number of fused-ring (bicyclic) bond motifs is 1. The molecule has 0 unspecified atom stereocenters. The Kier molecular flexibility index (Phi) is 4.78. The van der Waals surface area contributed by atoms with Crippen LogP contribution in [0.1, 0.15) is 46.8 Å². The number of hydrogen-bond acceptors (Lipinski definition) is 1. The predicted molar refractivity (Wildman–Crippen MR) is 93.4 cm³/mol. The van der Waals surface area contributed by atoms with E-state index in [1.165, 1.54) is 0 Å². The second-order valence-electron chi connectivity index (χ2n) is 5.88. The lowest BCUT2D eigenvalue weighted by atomic mass is 9.96. The summed E-state index contributed by atoms with van der Waals surface area (Å²) in [7, 11) is 0. The second-order valence-corrected chi connectivity index (χ2v) is 5.88. The summed E-state index contributed by atoms with van der Waals surface area (Å²) in [5.74, 6) is 6.54. The minimum absolute atomic E-state index is 0.169. The Labute approximate surface area is 138 Å². The molecule has 0 radical (unpaired) electrons. The van der Waals surface area contributed by atoms with Crippen molar-refractivity contribution in [1.29, 1.82) is 0 Å². The van der Waals surface area contributed by atoms with Gasteiger partial charge in [0, 0.05) is 29.8 Å². The zero-order valence-electron chi connectivity index (χ0n) is 13.5. The quantitative estimate of drug-likeness (QED) is 0.788. The number of benzene rings is 2. The van der Waals surface area contributed by atoms with E-state index in [4.69, 9.17) is 0 Å². The van der Waals surface area contributed by atoms with Crippen molar-refractivity contribution in [2.24, 2.45) is 0 Å². The van der Waals surface area contributed by atoms with Crippen LogP contribution >= 0.6 is 0 Å². The molecule has 0 aliphatic carbocycles. The molecule has 1 heterocycles. The molecule has 1 aliphatic heterocycles. The summed E-state index contributed by atoms with van der Waals surface area (Å²) >= 11 is 0. The van der Waals surface area contributed by atoms with Gasteiger partial charge in [-0.2, -0.15) is 0 Å². The summed E-state index contributed by atoms with van der Waals surface area (Å²) in [6.45, 7) is 3.84. The van der Waals surface area contributed by atoms with E-state index >= 15 is 0 Å². The van der Waals surface area contributed by atoms with E-state index in [2.05, 4.69) is 24.8 Å². The summed E-state index contributed by atoms with van der Waals surface area (Å²) in [5.41, 5.74) is 3.95. The zero-order valence-corrected chi connectivity index (χ0v) is 13.5. The van der Waals surface area contributed by atoms with Gasteiger partial charge in [-0.05, 0) is 48.7 Å². The van der Waals surface area contributed by atoms with Gasteiger partial charge in [-0.25, -0.2) is 0 Å². The Bertz CT molecular complexity index is 752. The number of hydrogen-bond donors (Lipinski definition) is 0. The van der Waals surface area contributed by atoms with Crippen LogP contribution in [0.2, 0.25) is 0 Å². The van der Waals surface area contributed by atoms with Gasteiger partial charge in [-0.1, -0.05) is 43.4 Å². The SMILES string of the molecule is CCCCN1CCc2cc(C#Cc3ccccc3)ccc2C1=O. The summed E-state index contributed by atoms with van der Waals surface area (Å²) < 4.78 is 0. The molecule has 0 atom stereocenters. The second kappa shape index (κ2) is 7.15. The minimum atomic E-state index is 0.169. The molecule has 0 saturated carbocycles. The van der Waals surface area contributed by atoms with Crippen LogP contribution in [-0.4, -0.2) is 23.9 Å². The van der Waals surface area contributed by atoms with Gasteiger partial charge < -0.3 is 4.90 Å². The lowest BCUT2D eigenvalue weighted by Crippen LogP contribution is -2.38. The molecule has 1 amide bonds. The average molecular weight is 303 g/mol. The first kappa shape index (κ1) is 15.4. The Morgan fingerprint density at radius 3 is 2.61 bits per heavy atom. The number of amides is 1. The standard InChI is InChI=1S/C21H21NO/c1-2-3-14-22-15-13-19-16-18(11-12-20(19)21(22)23)10-9-17-7-5-4-6-8-17/h4-8,11-12,16H,2-3,13-15H2,1H3. The van der Waals surface area contributed by atoms with E-state index in [1.54, 1.807) is 0 Å². The summed E-state index contributed by atoms with van der Waals surface area (Å²) in [5, 5.41) is 0. The lowest BCUT2D eigenvalue weighted by molar-refractivity contribution is 0.0737. The van der Waals surface area contributed by atoms with Gasteiger partial charge in [0.1, 0.15) is 0 Å². The molecule has 0 bridgehead atoms. The molecule has 2 aromatic rings. The Hall–Kier alpha value is -2.53. The Balaban J connectivity index is 1.79. The smallest absolute Gasteiger partial charge is 0.254 e. The molecule has 0 N–H and O–H groups in total. The molecule has 116 valence electrons. The molecule has 0 fully saturated rings. The van der Waals surface area contributed by atoms with Crippen molar-refractivity contribution in [3.8, 4) is 11.8 Å². The van der Waals surface area contributed by atoms with Gasteiger partial charge in [-0.15, -0.1) is 0 Å². The number of rotatable bonds is 3. The number of nitrogens with zero attached hydrogens (tertiary/aromatic N) is 1. The highest BCUT2D eigenvalue weighted by atomic mass is 16.2. The van der Waals surface area contributed by atoms with E-state index < -0.39 is 0 Å². The first-order chi connectivity index (χ1) is 11.3. The van der Waals surface area contributed by atoms with Gasteiger partial charge in [-0.3, -0.25) is 4.79 Å². The third-order valence-corrected chi connectivity index (χ3v) is 4.18. The van der Waals surface area contributed by atoms with Gasteiger partial charge in [0.2, 0.25) is 0 Å². The molecule has 1 aliphatic rings. The van der Waals surface area contributed by atoms with Gasteiger partial charge in [0.15, 0.2) is 0 Å². The minimum Gasteiger partial charge on any atom is -0.338 e. The highest BCUT2D eigenvalue weighted by molar-refractivity contribution is 5.96. The van der Waals surface area contributed by atoms with E-state index in [0.717, 1.165) is 54.6 Å². The maximum atomic E-state index is 12.5. The van der Waals surface area contributed by atoms with Crippen molar-refractivity contribution >= 4 is 5.91 Å². The first-order valence-corrected chi connectivity index (χ1v) is 8.27. The van der Waals surface area contributed by atoms with Crippen LogP contribution in [0.25, 0.3) is 0 Å². The van der Waals surface area contributed by atoms with Crippen molar-refractivity contribution in [3.63, 3.8) is 0 Å². The fourth-order valence-corrected chi connectivity index (χ4v) is 2.84. The van der Waals surface area contributed by atoms with E-state index in [1.807, 2.05) is 47.4 Å². The van der Waals surface area contributed by atoms with Crippen LogP contribution in [0.5, 0.6) is 0 Å². The highest BCUT2D eigenvalue weighted by Gasteiger charge is 2.23. The first-order valence-electron chi connectivity index (χ1n) is 8.27. The van der Waals surface area contributed by atoms with Crippen LogP contribution in [0, 0.1) is 11.8 Å². The molecular formula is C21H21NO. The number of unbranched alkanes of at least 4 members (excludes halogenated alkanes) is 1. The molecule has 0 aromatic heterocycles. The predicted octanol–water partition coefficient (Wildman–Crippen LogP) is 3.88. The summed E-state index contributed by atoms with van der Waals surface area (Å²) in [4.78, 5) is 14.5. The van der Waals surface area contributed by atoms with Crippen molar-refractivity contribution in [2.75, 3.05) is 13.1 Å². The summed E-state index contributed by atoms with van der Waals surface area (Å²) in [6.07, 6.45) is 3.11. The third kappa shape index (κ3) is 3.63. The van der Waals surface area contributed by atoms with Crippen molar-refractivity contribution in [2.45, 2.75) is 26.2 Å². The highest BCUT2D eigenvalue weighted by Crippen LogP contribution is 2.20. The monoisotopic (exact) mass is 303 g/mol. The maximum absolute atomic E-state index is 12.5. The molecule has 0 saturated heterocycles. The molecule has 23 heavy (non-hydrogen) atoms. The molecule has 2 aromatic carbocycles. The van der Waals surface area contributed by atoms with Crippen LogP contribution in [0.15, 0.2) is 48.5 Å². The molecule has 3 rings (SSSR count). The maximum Gasteiger partial charge on any atom is 0.254 e.